The Bertz CT molecular complexity index is 735. The maximum absolute atomic E-state index is 11.4. The van der Waals surface area contributed by atoms with E-state index in [0.29, 0.717) is 18.7 Å². The maximum Gasteiger partial charge on any atom is 0.306 e. The van der Waals surface area contributed by atoms with E-state index in [4.69, 9.17) is 10.1 Å². The van der Waals surface area contributed by atoms with Gasteiger partial charge >= 0.3 is 5.97 Å². The van der Waals surface area contributed by atoms with Crippen LogP contribution in [0.15, 0.2) is 49.1 Å². The Morgan fingerprint density at radius 1 is 1.30 bits per heavy atom. The van der Waals surface area contributed by atoms with E-state index in [1.165, 1.54) is 6.08 Å². The van der Waals surface area contributed by atoms with Crippen LogP contribution in [0.2, 0.25) is 0 Å². The van der Waals surface area contributed by atoms with Crippen LogP contribution in [0.5, 0.6) is 5.75 Å². The fourth-order valence-corrected chi connectivity index (χ4v) is 2.01. The van der Waals surface area contributed by atoms with Crippen LogP contribution in [0.4, 0.5) is 0 Å². The number of carbonyl (C=O) groups excluding carboxylic acids is 1. The molecule has 0 unspecified atom stereocenters. The molecule has 0 aliphatic rings. The molecule has 6 nitrogen and oxygen atoms in total. The van der Waals surface area contributed by atoms with Crippen LogP contribution in [-0.2, 0) is 16.1 Å². The molecule has 1 aromatic heterocycles. The molecule has 1 aromatic carbocycles. The summed E-state index contributed by atoms with van der Waals surface area (Å²) in [5.41, 5.74) is 1.82. The fraction of sp³-hybridized carbons (Fsp3) is 0.235. The smallest absolute Gasteiger partial charge is 0.306 e. The zero-order valence-corrected chi connectivity index (χ0v) is 12.7. The van der Waals surface area contributed by atoms with Crippen molar-refractivity contribution in [2.75, 3.05) is 6.61 Å². The predicted molar refractivity (Wildman–Crippen MR) is 85.6 cm³/mol. The van der Waals surface area contributed by atoms with Crippen molar-refractivity contribution in [1.29, 1.82) is 5.41 Å². The number of hydrogen-bond donors (Lipinski definition) is 2. The summed E-state index contributed by atoms with van der Waals surface area (Å²) >= 11 is 0. The Morgan fingerprint density at radius 2 is 2.04 bits per heavy atom. The molecule has 0 radical (unpaired) electrons. The van der Waals surface area contributed by atoms with Gasteiger partial charge in [0.25, 0.3) is 0 Å². The van der Waals surface area contributed by atoms with Gasteiger partial charge in [-0.1, -0.05) is 12.7 Å². The molecule has 0 saturated carbocycles. The van der Waals surface area contributed by atoms with Gasteiger partial charge in [-0.05, 0) is 42.8 Å². The van der Waals surface area contributed by atoms with Gasteiger partial charge in [0, 0.05) is 18.5 Å². The van der Waals surface area contributed by atoms with Crippen LogP contribution in [-0.4, -0.2) is 27.5 Å². The number of nitrogens with zero attached hydrogens (tertiary/aromatic N) is 2. The van der Waals surface area contributed by atoms with Crippen LogP contribution >= 0.6 is 0 Å². The fourth-order valence-electron chi connectivity index (χ4n) is 2.01. The Balaban J connectivity index is 2.03. The van der Waals surface area contributed by atoms with Crippen molar-refractivity contribution in [3.8, 4) is 17.0 Å². The highest BCUT2D eigenvalue weighted by Crippen LogP contribution is 2.18. The molecule has 0 bridgehead atoms. The van der Waals surface area contributed by atoms with Crippen molar-refractivity contribution in [3.63, 3.8) is 0 Å². The van der Waals surface area contributed by atoms with Crippen LogP contribution in [0.1, 0.15) is 12.8 Å². The average Bonchev–Trinajstić information content (AvgIpc) is 2.55. The molecular formula is C17H19N3O3. The van der Waals surface area contributed by atoms with E-state index >= 15 is 0 Å². The normalized spacial score (nSPS) is 10.3. The second-order valence-corrected chi connectivity index (χ2v) is 4.95. The minimum atomic E-state index is -0.285. The van der Waals surface area contributed by atoms with Crippen LogP contribution in [0.3, 0.4) is 0 Å². The SMILES string of the molecule is C=CCOC(=O)CCCn1nc(-c2ccc(O)cc2)ccc1=N. The average molecular weight is 313 g/mol. The highest BCUT2D eigenvalue weighted by atomic mass is 16.5. The number of carbonyl (C=O) groups is 1. The molecule has 0 atom stereocenters. The Labute approximate surface area is 134 Å². The topological polar surface area (TPSA) is 88.2 Å². The molecule has 0 aliphatic carbocycles. The minimum absolute atomic E-state index is 0.191. The lowest BCUT2D eigenvalue weighted by atomic mass is 10.1. The number of aromatic nitrogens is 2. The first-order chi connectivity index (χ1) is 11.1. The first-order valence-electron chi connectivity index (χ1n) is 7.29. The summed E-state index contributed by atoms with van der Waals surface area (Å²) < 4.78 is 6.45. The van der Waals surface area contributed by atoms with Gasteiger partial charge in [-0.2, -0.15) is 5.10 Å². The summed E-state index contributed by atoms with van der Waals surface area (Å²) in [5.74, 6) is -0.0940. The van der Waals surface area contributed by atoms with Crippen molar-refractivity contribution in [2.24, 2.45) is 0 Å². The molecule has 120 valence electrons. The largest absolute Gasteiger partial charge is 0.508 e. The first kappa shape index (κ1) is 16.5. The van der Waals surface area contributed by atoms with Gasteiger partial charge < -0.3 is 9.84 Å². The standard InChI is InChI=1S/C17H19N3O3/c1-2-12-23-17(22)4-3-11-20-16(18)10-9-15(19-20)13-5-7-14(21)8-6-13/h2,5-10,18,21H,1,3-4,11-12H2. The highest BCUT2D eigenvalue weighted by molar-refractivity contribution is 5.69. The second kappa shape index (κ2) is 7.93. The molecule has 2 rings (SSSR count). The third-order valence-corrected chi connectivity index (χ3v) is 3.18. The molecule has 2 N–H and O–H groups in total. The number of esters is 1. The van der Waals surface area contributed by atoms with E-state index in [-0.39, 0.29) is 30.2 Å². The van der Waals surface area contributed by atoms with Gasteiger partial charge in [-0.25, -0.2) is 4.68 Å². The molecule has 0 amide bonds. The van der Waals surface area contributed by atoms with Crippen molar-refractivity contribution >= 4 is 5.97 Å². The molecule has 0 spiro atoms. The first-order valence-corrected chi connectivity index (χ1v) is 7.29. The number of rotatable bonds is 7. The van der Waals surface area contributed by atoms with Crippen molar-refractivity contribution in [1.82, 2.24) is 9.78 Å². The lowest BCUT2D eigenvalue weighted by molar-refractivity contribution is -0.142. The third kappa shape index (κ3) is 4.81. The van der Waals surface area contributed by atoms with Gasteiger partial charge in [-0.3, -0.25) is 10.2 Å². The van der Waals surface area contributed by atoms with Gasteiger partial charge in [-0.15, -0.1) is 0 Å². The molecular weight excluding hydrogens is 294 g/mol. The maximum atomic E-state index is 11.4. The number of hydrogen-bond acceptors (Lipinski definition) is 5. The van der Waals surface area contributed by atoms with Crippen molar-refractivity contribution in [3.05, 3.63) is 54.5 Å². The number of aromatic hydroxyl groups is 1. The molecule has 6 heteroatoms. The lowest BCUT2D eigenvalue weighted by Gasteiger charge is -2.08. The van der Waals surface area contributed by atoms with Gasteiger partial charge in [0.2, 0.25) is 0 Å². The molecule has 23 heavy (non-hydrogen) atoms. The minimum Gasteiger partial charge on any atom is -0.508 e. The van der Waals surface area contributed by atoms with Gasteiger partial charge in [0.1, 0.15) is 17.8 Å². The van der Waals surface area contributed by atoms with Crippen molar-refractivity contribution in [2.45, 2.75) is 19.4 Å². The van der Waals surface area contributed by atoms with E-state index in [1.807, 2.05) is 0 Å². The zero-order valence-electron chi connectivity index (χ0n) is 12.7. The number of ether oxygens (including phenoxy) is 1. The monoisotopic (exact) mass is 313 g/mol. The van der Waals surface area contributed by atoms with Crippen molar-refractivity contribution < 1.29 is 14.6 Å². The second-order valence-electron chi connectivity index (χ2n) is 4.95. The number of nitrogens with one attached hydrogen (secondary N) is 1. The number of aryl methyl sites for hydroxylation is 1. The summed E-state index contributed by atoms with van der Waals surface area (Å²) in [6.07, 6.45) is 2.33. The van der Waals surface area contributed by atoms with E-state index < -0.39 is 0 Å². The zero-order chi connectivity index (χ0) is 16.7. The summed E-state index contributed by atoms with van der Waals surface area (Å²) in [6, 6.07) is 10.1. The lowest BCUT2D eigenvalue weighted by Crippen LogP contribution is -2.23. The van der Waals surface area contributed by atoms with E-state index in [1.54, 1.807) is 41.1 Å². The molecule has 1 heterocycles. The molecule has 0 aliphatic heterocycles. The van der Waals surface area contributed by atoms with E-state index in [9.17, 15) is 9.90 Å². The highest BCUT2D eigenvalue weighted by Gasteiger charge is 2.05. The predicted octanol–water partition coefficient (Wildman–Crippen LogP) is 2.24. The van der Waals surface area contributed by atoms with E-state index in [2.05, 4.69) is 11.7 Å². The van der Waals surface area contributed by atoms with Gasteiger partial charge in [0.05, 0.1) is 5.69 Å². The number of phenolic OH excluding ortho intramolecular Hbond substituents is 1. The third-order valence-electron chi connectivity index (χ3n) is 3.18. The Hall–Kier alpha value is -2.89. The van der Waals surface area contributed by atoms with Gasteiger partial charge in [0.15, 0.2) is 0 Å². The van der Waals surface area contributed by atoms with E-state index in [0.717, 1.165) is 5.56 Å². The Kier molecular flexibility index (Phi) is 5.68. The molecule has 0 fully saturated rings. The quantitative estimate of drug-likeness (QED) is 0.606. The van der Waals surface area contributed by atoms with Crippen LogP contribution in [0, 0.1) is 5.41 Å². The molecule has 2 aromatic rings. The summed E-state index contributed by atoms with van der Waals surface area (Å²) in [4.78, 5) is 11.4. The van der Waals surface area contributed by atoms with Crippen LogP contribution < -0.4 is 5.49 Å². The molecule has 0 saturated heterocycles. The summed E-state index contributed by atoms with van der Waals surface area (Å²) in [6.45, 7) is 4.15. The number of phenols is 1. The Morgan fingerprint density at radius 3 is 2.74 bits per heavy atom. The summed E-state index contributed by atoms with van der Waals surface area (Å²) in [5, 5.41) is 21.6. The van der Waals surface area contributed by atoms with Crippen LogP contribution in [0.25, 0.3) is 11.3 Å². The summed E-state index contributed by atoms with van der Waals surface area (Å²) in [7, 11) is 0. The number of benzene rings is 1.